The molecule has 1 aromatic carbocycles. The quantitative estimate of drug-likeness (QED) is 0.717. The zero-order valence-electron chi connectivity index (χ0n) is 15.8. The molecule has 6 nitrogen and oxygen atoms in total. The number of carbonyl (C=O) groups is 2. The van der Waals surface area contributed by atoms with Crippen LogP contribution < -0.4 is 5.32 Å². The van der Waals surface area contributed by atoms with E-state index in [2.05, 4.69) is 5.32 Å². The molecule has 2 heterocycles. The average molecular weight is 377 g/mol. The first-order chi connectivity index (χ1) is 13.0. The summed E-state index contributed by atoms with van der Waals surface area (Å²) < 4.78 is 13.5. The van der Waals surface area contributed by atoms with Crippen molar-refractivity contribution in [2.75, 3.05) is 32.7 Å². The van der Waals surface area contributed by atoms with Crippen molar-refractivity contribution < 1.29 is 19.1 Å². The summed E-state index contributed by atoms with van der Waals surface area (Å²) in [6.45, 7) is 5.46. The summed E-state index contributed by atoms with van der Waals surface area (Å²) in [6, 6.07) is 4.32. The second kappa shape index (κ2) is 8.69. The third-order valence-corrected chi connectivity index (χ3v) is 5.68. The lowest BCUT2D eigenvalue weighted by Crippen LogP contribution is -2.34. The highest BCUT2D eigenvalue weighted by atomic mass is 19.1. The Labute approximate surface area is 159 Å². The van der Waals surface area contributed by atoms with Gasteiger partial charge in [-0.05, 0) is 61.9 Å². The zero-order valence-corrected chi connectivity index (χ0v) is 15.8. The Kier molecular flexibility index (Phi) is 6.31. The monoisotopic (exact) mass is 377 g/mol. The van der Waals surface area contributed by atoms with Crippen molar-refractivity contribution in [2.45, 2.75) is 38.6 Å². The van der Waals surface area contributed by atoms with Gasteiger partial charge >= 0.3 is 6.09 Å². The molecule has 2 N–H and O–H groups in total. The molecule has 2 aliphatic heterocycles. The van der Waals surface area contributed by atoms with Crippen molar-refractivity contribution in [3.05, 3.63) is 35.1 Å². The highest BCUT2D eigenvalue weighted by Crippen LogP contribution is 2.38. The van der Waals surface area contributed by atoms with E-state index in [4.69, 9.17) is 0 Å². The molecule has 1 aromatic rings. The fourth-order valence-corrected chi connectivity index (χ4v) is 4.30. The van der Waals surface area contributed by atoms with Gasteiger partial charge in [0.05, 0.1) is 6.04 Å². The molecule has 2 fully saturated rings. The lowest BCUT2D eigenvalue weighted by Gasteiger charge is -2.28. The minimum Gasteiger partial charge on any atom is -0.465 e. The molecule has 0 aromatic heterocycles. The molecule has 0 bridgehead atoms. The van der Waals surface area contributed by atoms with E-state index >= 15 is 0 Å². The molecule has 0 saturated carbocycles. The third-order valence-electron chi connectivity index (χ3n) is 5.68. The van der Waals surface area contributed by atoms with Crippen LogP contribution in [0.2, 0.25) is 0 Å². The predicted molar refractivity (Wildman–Crippen MR) is 100 cm³/mol. The van der Waals surface area contributed by atoms with E-state index in [1.165, 1.54) is 17.0 Å². The Morgan fingerprint density at radius 1 is 1.37 bits per heavy atom. The SMILES string of the molecule is Cc1cc(F)ccc1C1C(CNCCCN2CCCC2=O)CCN1C(=O)O. The number of rotatable bonds is 7. The predicted octanol–water partition coefficient (Wildman–Crippen LogP) is 2.78. The van der Waals surface area contributed by atoms with Crippen LogP contribution in [0.25, 0.3) is 0 Å². The van der Waals surface area contributed by atoms with E-state index in [9.17, 15) is 19.1 Å². The van der Waals surface area contributed by atoms with Crippen LogP contribution in [0.5, 0.6) is 0 Å². The number of carbonyl (C=O) groups excluding carboxylic acids is 1. The second-order valence-corrected chi connectivity index (χ2v) is 7.51. The molecule has 2 saturated heterocycles. The summed E-state index contributed by atoms with van der Waals surface area (Å²) in [5, 5.41) is 13.0. The summed E-state index contributed by atoms with van der Waals surface area (Å²) in [7, 11) is 0. The zero-order chi connectivity index (χ0) is 19.4. The lowest BCUT2D eigenvalue weighted by molar-refractivity contribution is -0.127. The second-order valence-electron chi connectivity index (χ2n) is 7.51. The topological polar surface area (TPSA) is 72.9 Å². The maximum absolute atomic E-state index is 13.5. The van der Waals surface area contributed by atoms with Gasteiger partial charge in [-0.25, -0.2) is 9.18 Å². The van der Waals surface area contributed by atoms with Crippen molar-refractivity contribution in [2.24, 2.45) is 5.92 Å². The smallest absolute Gasteiger partial charge is 0.407 e. The van der Waals surface area contributed by atoms with E-state index < -0.39 is 6.09 Å². The Morgan fingerprint density at radius 3 is 2.85 bits per heavy atom. The maximum Gasteiger partial charge on any atom is 0.407 e. The number of aryl methyl sites for hydroxylation is 1. The van der Waals surface area contributed by atoms with Crippen molar-refractivity contribution >= 4 is 12.0 Å². The molecule has 0 aliphatic carbocycles. The number of halogens is 1. The molecule has 2 amide bonds. The summed E-state index contributed by atoms with van der Waals surface area (Å²) in [5.74, 6) is 0.0932. The fraction of sp³-hybridized carbons (Fsp3) is 0.600. The van der Waals surface area contributed by atoms with Gasteiger partial charge in [0.2, 0.25) is 5.91 Å². The van der Waals surface area contributed by atoms with Crippen molar-refractivity contribution in [1.29, 1.82) is 0 Å². The van der Waals surface area contributed by atoms with Gasteiger partial charge in [-0.15, -0.1) is 0 Å². The Balaban J connectivity index is 1.56. The van der Waals surface area contributed by atoms with E-state index in [1.807, 2.05) is 11.8 Å². The largest absolute Gasteiger partial charge is 0.465 e. The number of nitrogens with one attached hydrogen (secondary N) is 1. The minimum atomic E-state index is -0.932. The Morgan fingerprint density at radius 2 is 2.19 bits per heavy atom. The van der Waals surface area contributed by atoms with E-state index in [0.717, 1.165) is 50.0 Å². The van der Waals surface area contributed by atoms with Crippen LogP contribution in [0, 0.1) is 18.7 Å². The number of carboxylic acid groups (broad SMARTS) is 1. The molecule has 7 heteroatoms. The van der Waals surface area contributed by atoms with Crippen LogP contribution in [0.15, 0.2) is 18.2 Å². The fourth-order valence-electron chi connectivity index (χ4n) is 4.30. The van der Waals surface area contributed by atoms with Gasteiger partial charge in [0.25, 0.3) is 0 Å². The molecular weight excluding hydrogens is 349 g/mol. The number of hydrogen-bond acceptors (Lipinski definition) is 3. The van der Waals surface area contributed by atoms with Gasteiger partial charge in [-0.1, -0.05) is 6.07 Å². The lowest BCUT2D eigenvalue weighted by atomic mass is 9.90. The van der Waals surface area contributed by atoms with Crippen LogP contribution in [0.4, 0.5) is 9.18 Å². The first-order valence-corrected chi connectivity index (χ1v) is 9.71. The molecule has 0 radical (unpaired) electrons. The molecule has 2 aliphatic rings. The van der Waals surface area contributed by atoms with Gasteiger partial charge in [-0.3, -0.25) is 4.79 Å². The van der Waals surface area contributed by atoms with Crippen LogP contribution in [0.3, 0.4) is 0 Å². The maximum atomic E-state index is 13.5. The van der Waals surface area contributed by atoms with E-state index in [0.29, 0.717) is 19.5 Å². The van der Waals surface area contributed by atoms with Crippen LogP contribution in [0.1, 0.15) is 42.9 Å². The number of amides is 2. The molecule has 27 heavy (non-hydrogen) atoms. The average Bonchev–Trinajstić information content (AvgIpc) is 3.21. The van der Waals surface area contributed by atoms with Crippen molar-refractivity contribution in [3.8, 4) is 0 Å². The number of benzene rings is 1. The first kappa shape index (κ1) is 19.6. The van der Waals surface area contributed by atoms with Crippen LogP contribution in [-0.4, -0.2) is 59.6 Å². The normalized spacial score (nSPS) is 22.7. The van der Waals surface area contributed by atoms with Gasteiger partial charge in [0.1, 0.15) is 5.82 Å². The summed E-state index contributed by atoms with van der Waals surface area (Å²) in [4.78, 5) is 26.7. The molecule has 0 spiro atoms. The van der Waals surface area contributed by atoms with E-state index in [-0.39, 0.29) is 23.7 Å². The molecule has 148 valence electrons. The summed E-state index contributed by atoms with van der Waals surface area (Å²) >= 11 is 0. The third kappa shape index (κ3) is 4.58. The summed E-state index contributed by atoms with van der Waals surface area (Å²) in [5.41, 5.74) is 1.66. The first-order valence-electron chi connectivity index (χ1n) is 9.71. The number of hydrogen-bond donors (Lipinski definition) is 2. The van der Waals surface area contributed by atoms with Gasteiger partial charge < -0.3 is 20.2 Å². The van der Waals surface area contributed by atoms with Gasteiger partial charge in [0, 0.05) is 32.6 Å². The molecule has 2 atom stereocenters. The number of nitrogens with zero attached hydrogens (tertiary/aromatic N) is 2. The Hall–Kier alpha value is -2.15. The number of likely N-dealkylation sites (tertiary alicyclic amines) is 2. The van der Waals surface area contributed by atoms with Crippen LogP contribution >= 0.6 is 0 Å². The molecule has 3 rings (SSSR count). The van der Waals surface area contributed by atoms with E-state index in [1.54, 1.807) is 6.07 Å². The van der Waals surface area contributed by atoms with Gasteiger partial charge in [-0.2, -0.15) is 0 Å². The highest BCUT2D eigenvalue weighted by molar-refractivity contribution is 5.78. The van der Waals surface area contributed by atoms with Crippen molar-refractivity contribution in [3.63, 3.8) is 0 Å². The van der Waals surface area contributed by atoms with Crippen LogP contribution in [-0.2, 0) is 4.79 Å². The van der Waals surface area contributed by atoms with Gasteiger partial charge in [0.15, 0.2) is 0 Å². The minimum absolute atomic E-state index is 0.152. The molecular formula is C20H28FN3O3. The van der Waals surface area contributed by atoms with Crippen molar-refractivity contribution in [1.82, 2.24) is 15.1 Å². The standard InChI is InChI=1S/C20H28FN3O3/c1-14-12-16(21)5-6-17(14)19-15(7-11-24(19)20(26)27)13-22-8-3-10-23-9-2-4-18(23)25/h5-6,12,15,19,22H,2-4,7-11,13H2,1H3,(H,26,27). The highest BCUT2D eigenvalue weighted by Gasteiger charge is 2.38. The Bertz CT molecular complexity index is 697. The summed E-state index contributed by atoms with van der Waals surface area (Å²) in [6.07, 6.45) is 2.36. The molecule has 2 unspecified atom stereocenters.